The molecule has 2 aromatic rings. The zero-order valence-electron chi connectivity index (χ0n) is 7.27. The van der Waals surface area contributed by atoms with E-state index in [0.717, 1.165) is 0 Å². The van der Waals surface area contributed by atoms with Gasteiger partial charge in [0.25, 0.3) is 5.91 Å². The van der Waals surface area contributed by atoms with Crippen LogP contribution in [0.5, 0.6) is 0 Å². The lowest BCUT2D eigenvalue weighted by atomic mass is 10.4. The molecule has 1 amide bonds. The Bertz CT molecular complexity index is 410. The van der Waals surface area contributed by atoms with Gasteiger partial charge in [-0.25, -0.2) is 4.98 Å². The van der Waals surface area contributed by atoms with Crippen molar-refractivity contribution in [2.24, 2.45) is 0 Å². The van der Waals surface area contributed by atoms with Crippen molar-refractivity contribution in [2.75, 3.05) is 5.32 Å². The Balaban J connectivity index is 2.10. The largest absolute Gasteiger partial charge is 0.341 e. The third-order valence-electron chi connectivity index (χ3n) is 1.65. The molecule has 70 valence electrons. The Hall–Kier alpha value is -2.17. The smallest absolute Gasteiger partial charge is 0.291 e. The molecule has 2 aromatic heterocycles. The van der Waals surface area contributed by atoms with Crippen LogP contribution in [0.2, 0.25) is 0 Å². The number of amides is 1. The molecule has 0 aromatic carbocycles. The summed E-state index contributed by atoms with van der Waals surface area (Å²) in [6.07, 6.45) is 6.35. The van der Waals surface area contributed by atoms with Gasteiger partial charge in [-0.3, -0.25) is 9.78 Å². The Morgan fingerprint density at radius 1 is 1.29 bits per heavy atom. The molecule has 2 heterocycles. The van der Waals surface area contributed by atoms with Gasteiger partial charge in [0.1, 0.15) is 0 Å². The summed E-state index contributed by atoms with van der Waals surface area (Å²) in [5.41, 5.74) is 0.696. The summed E-state index contributed by atoms with van der Waals surface area (Å²) in [6, 6.07) is 3.42. The molecular formula is C9H8N4O. The van der Waals surface area contributed by atoms with E-state index < -0.39 is 0 Å². The number of aromatic amines is 1. The van der Waals surface area contributed by atoms with Crippen molar-refractivity contribution in [3.63, 3.8) is 0 Å². The Labute approximate surface area is 80.2 Å². The minimum absolute atomic E-state index is 0.263. The van der Waals surface area contributed by atoms with E-state index in [4.69, 9.17) is 0 Å². The second-order valence-corrected chi connectivity index (χ2v) is 2.63. The predicted molar refractivity (Wildman–Crippen MR) is 50.8 cm³/mol. The normalized spacial score (nSPS) is 9.71. The third-order valence-corrected chi connectivity index (χ3v) is 1.65. The molecule has 0 unspecified atom stereocenters. The van der Waals surface area contributed by atoms with Crippen LogP contribution < -0.4 is 5.32 Å². The zero-order chi connectivity index (χ0) is 9.80. The topological polar surface area (TPSA) is 70.7 Å². The lowest BCUT2D eigenvalue weighted by Gasteiger charge is -2.00. The number of nitrogens with zero attached hydrogens (tertiary/aromatic N) is 2. The monoisotopic (exact) mass is 188 g/mol. The predicted octanol–water partition coefficient (Wildman–Crippen LogP) is 1.06. The summed E-state index contributed by atoms with van der Waals surface area (Å²) in [4.78, 5) is 21.8. The van der Waals surface area contributed by atoms with Crippen LogP contribution in [0, 0.1) is 0 Å². The van der Waals surface area contributed by atoms with Crippen molar-refractivity contribution in [1.82, 2.24) is 15.0 Å². The van der Waals surface area contributed by atoms with Crippen LogP contribution in [0.3, 0.4) is 0 Å². The van der Waals surface area contributed by atoms with Crippen LogP contribution in [-0.4, -0.2) is 20.9 Å². The Kier molecular flexibility index (Phi) is 2.22. The number of anilines is 1. The minimum atomic E-state index is -0.263. The second-order valence-electron chi connectivity index (χ2n) is 2.63. The van der Waals surface area contributed by atoms with E-state index in [-0.39, 0.29) is 5.91 Å². The molecule has 0 bridgehead atoms. The number of carbonyl (C=O) groups is 1. The summed E-state index contributed by atoms with van der Waals surface area (Å²) in [5.74, 6) is 0.0306. The van der Waals surface area contributed by atoms with Gasteiger partial charge in [0.15, 0.2) is 5.82 Å². The molecule has 0 aliphatic carbocycles. The van der Waals surface area contributed by atoms with Gasteiger partial charge in [0, 0.05) is 30.5 Å². The van der Waals surface area contributed by atoms with Gasteiger partial charge in [-0.15, -0.1) is 0 Å². The SMILES string of the molecule is O=C(Nc1ccncc1)c1ncc[nH]1. The summed E-state index contributed by atoms with van der Waals surface area (Å²) in [7, 11) is 0. The highest BCUT2D eigenvalue weighted by molar-refractivity contribution is 6.01. The molecule has 0 atom stereocenters. The van der Waals surface area contributed by atoms with Crippen LogP contribution in [0.1, 0.15) is 10.6 Å². The van der Waals surface area contributed by atoms with Crippen molar-refractivity contribution >= 4 is 11.6 Å². The summed E-state index contributed by atoms with van der Waals surface area (Å²) in [6.45, 7) is 0. The lowest BCUT2D eigenvalue weighted by Crippen LogP contribution is -2.13. The maximum Gasteiger partial charge on any atom is 0.291 e. The first-order valence-electron chi connectivity index (χ1n) is 4.07. The number of aromatic nitrogens is 3. The fourth-order valence-corrected chi connectivity index (χ4v) is 1.01. The average Bonchev–Trinajstić information content (AvgIpc) is 2.72. The molecule has 0 fully saturated rings. The quantitative estimate of drug-likeness (QED) is 0.740. The second kappa shape index (κ2) is 3.69. The van der Waals surface area contributed by atoms with E-state index in [9.17, 15) is 4.79 Å². The van der Waals surface area contributed by atoms with E-state index >= 15 is 0 Å². The van der Waals surface area contributed by atoms with Gasteiger partial charge in [-0.05, 0) is 12.1 Å². The molecule has 0 aliphatic rings. The highest BCUT2D eigenvalue weighted by Crippen LogP contribution is 2.04. The molecule has 5 nitrogen and oxygen atoms in total. The minimum Gasteiger partial charge on any atom is -0.341 e. The maximum absolute atomic E-state index is 11.4. The van der Waals surface area contributed by atoms with Gasteiger partial charge >= 0.3 is 0 Å². The molecule has 0 radical (unpaired) electrons. The number of pyridine rings is 1. The molecule has 0 aliphatic heterocycles. The zero-order valence-corrected chi connectivity index (χ0v) is 7.27. The van der Waals surface area contributed by atoms with Crippen LogP contribution in [0.25, 0.3) is 0 Å². The average molecular weight is 188 g/mol. The first-order valence-corrected chi connectivity index (χ1v) is 4.07. The lowest BCUT2D eigenvalue weighted by molar-refractivity contribution is 0.101. The van der Waals surface area contributed by atoms with Crippen LogP contribution in [0.4, 0.5) is 5.69 Å². The van der Waals surface area contributed by atoms with Crippen LogP contribution in [0.15, 0.2) is 36.9 Å². The number of imidazole rings is 1. The number of H-pyrrole nitrogens is 1. The van der Waals surface area contributed by atoms with Crippen molar-refractivity contribution in [3.8, 4) is 0 Å². The van der Waals surface area contributed by atoms with E-state index in [1.54, 1.807) is 30.7 Å². The van der Waals surface area contributed by atoms with Gasteiger partial charge in [0.2, 0.25) is 0 Å². The summed E-state index contributed by atoms with van der Waals surface area (Å²) >= 11 is 0. The third kappa shape index (κ3) is 1.77. The number of rotatable bonds is 2. The molecule has 0 saturated carbocycles. The van der Waals surface area contributed by atoms with Crippen molar-refractivity contribution in [1.29, 1.82) is 0 Å². The van der Waals surface area contributed by atoms with Crippen molar-refractivity contribution in [3.05, 3.63) is 42.7 Å². The standard InChI is InChI=1S/C9H8N4O/c14-9(8-11-5-6-12-8)13-7-1-3-10-4-2-7/h1-6H,(H,11,12)(H,10,13,14). The number of nitrogens with one attached hydrogen (secondary N) is 2. The Morgan fingerprint density at radius 2 is 2.07 bits per heavy atom. The highest BCUT2D eigenvalue weighted by atomic mass is 16.2. The van der Waals surface area contributed by atoms with E-state index in [1.807, 2.05) is 0 Å². The van der Waals surface area contributed by atoms with E-state index in [1.165, 1.54) is 6.20 Å². The number of hydrogen-bond acceptors (Lipinski definition) is 3. The van der Waals surface area contributed by atoms with E-state index in [2.05, 4.69) is 20.3 Å². The fraction of sp³-hybridized carbons (Fsp3) is 0. The number of carbonyl (C=O) groups excluding carboxylic acids is 1. The fourth-order valence-electron chi connectivity index (χ4n) is 1.01. The van der Waals surface area contributed by atoms with Crippen molar-refractivity contribution in [2.45, 2.75) is 0 Å². The van der Waals surface area contributed by atoms with Crippen LogP contribution in [-0.2, 0) is 0 Å². The highest BCUT2D eigenvalue weighted by Gasteiger charge is 2.06. The summed E-state index contributed by atoms with van der Waals surface area (Å²) in [5, 5.41) is 2.67. The van der Waals surface area contributed by atoms with Crippen molar-refractivity contribution < 1.29 is 4.79 Å². The molecule has 2 rings (SSSR count). The van der Waals surface area contributed by atoms with Gasteiger partial charge in [0.05, 0.1) is 0 Å². The van der Waals surface area contributed by atoms with Gasteiger partial charge in [-0.1, -0.05) is 0 Å². The first kappa shape index (κ1) is 8.43. The van der Waals surface area contributed by atoms with Gasteiger partial charge < -0.3 is 10.3 Å². The summed E-state index contributed by atoms with van der Waals surface area (Å²) < 4.78 is 0. The maximum atomic E-state index is 11.4. The number of hydrogen-bond donors (Lipinski definition) is 2. The molecular weight excluding hydrogens is 180 g/mol. The molecule has 2 N–H and O–H groups in total. The first-order chi connectivity index (χ1) is 6.86. The van der Waals surface area contributed by atoms with E-state index in [0.29, 0.717) is 11.5 Å². The molecule has 14 heavy (non-hydrogen) atoms. The molecule has 0 spiro atoms. The molecule has 5 heteroatoms. The molecule has 0 saturated heterocycles. The van der Waals surface area contributed by atoms with Gasteiger partial charge in [-0.2, -0.15) is 0 Å². The van der Waals surface area contributed by atoms with Crippen LogP contribution >= 0.6 is 0 Å². The Morgan fingerprint density at radius 3 is 2.71 bits per heavy atom.